The summed E-state index contributed by atoms with van der Waals surface area (Å²) in [5.41, 5.74) is 5.16. The van der Waals surface area contributed by atoms with Gasteiger partial charge in [0.2, 0.25) is 0 Å². The fourth-order valence-electron chi connectivity index (χ4n) is 5.64. The molecule has 1 heterocycles. The molecule has 1 aromatic rings. The molecule has 2 aliphatic carbocycles. The second kappa shape index (κ2) is 8.40. The van der Waals surface area contributed by atoms with Crippen molar-refractivity contribution in [2.24, 2.45) is 16.7 Å². The molecule has 1 aliphatic heterocycles. The van der Waals surface area contributed by atoms with Crippen molar-refractivity contribution >= 4 is 23.7 Å². The fraction of sp³-hybridized carbons (Fsp3) is 0.680. The first-order valence-corrected chi connectivity index (χ1v) is 11.1. The minimum atomic E-state index is 0. The molecule has 28 heavy (non-hydrogen) atoms. The van der Waals surface area contributed by atoms with Gasteiger partial charge in [0.25, 0.3) is 0 Å². The Morgan fingerprint density at radius 3 is 2.43 bits per heavy atom. The molecule has 0 spiro atoms. The molecule has 2 nitrogen and oxygen atoms in total. The van der Waals surface area contributed by atoms with Gasteiger partial charge < -0.3 is 9.80 Å². The summed E-state index contributed by atoms with van der Waals surface area (Å²) < 4.78 is 0. The van der Waals surface area contributed by atoms with E-state index in [4.69, 9.17) is 0 Å². The number of para-hydroxylation sites is 1. The molecule has 0 atom stereocenters. The summed E-state index contributed by atoms with van der Waals surface area (Å²) in [6.07, 6.45) is 9.23. The molecule has 1 aromatic carbocycles. The highest BCUT2D eigenvalue weighted by Crippen LogP contribution is 2.48. The van der Waals surface area contributed by atoms with Crippen LogP contribution in [-0.2, 0) is 0 Å². The minimum Gasteiger partial charge on any atom is -0.370 e. The number of halogens is 1. The largest absolute Gasteiger partial charge is 0.370 e. The molecular formula is C25H39ClN2. The zero-order valence-electron chi connectivity index (χ0n) is 18.3. The first-order chi connectivity index (χ1) is 12.8. The summed E-state index contributed by atoms with van der Waals surface area (Å²) in [6.45, 7) is 15.9. The first-order valence-electron chi connectivity index (χ1n) is 11.1. The fourth-order valence-corrected chi connectivity index (χ4v) is 5.64. The summed E-state index contributed by atoms with van der Waals surface area (Å²) in [4.78, 5) is 5.38. The molecule has 0 N–H and O–H groups in total. The van der Waals surface area contributed by atoms with Gasteiger partial charge in [0.05, 0.1) is 0 Å². The highest BCUT2D eigenvalue weighted by molar-refractivity contribution is 5.85. The van der Waals surface area contributed by atoms with Crippen molar-refractivity contribution in [3.05, 3.63) is 35.9 Å². The van der Waals surface area contributed by atoms with Crippen LogP contribution >= 0.6 is 12.4 Å². The maximum Gasteiger partial charge on any atom is 0.0442 e. The summed E-state index contributed by atoms with van der Waals surface area (Å²) >= 11 is 0. The molecule has 3 heteroatoms. The lowest BCUT2D eigenvalue weighted by molar-refractivity contribution is 0.229. The molecule has 4 rings (SSSR count). The topological polar surface area (TPSA) is 6.48 Å². The third-order valence-corrected chi connectivity index (χ3v) is 6.56. The van der Waals surface area contributed by atoms with Gasteiger partial charge in [-0.15, -0.1) is 12.4 Å². The van der Waals surface area contributed by atoms with E-state index in [9.17, 15) is 0 Å². The van der Waals surface area contributed by atoms with E-state index in [0.29, 0.717) is 5.41 Å². The maximum absolute atomic E-state index is 2.71. The molecule has 0 bridgehead atoms. The number of hydrogen-bond donors (Lipinski definition) is 0. The van der Waals surface area contributed by atoms with Crippen LogP contribution in [0.15, 0.2) is 30.3 Å². The van der Waals surface area contributed by atoms with E-state index >= 15 is 0 Å². The van der Waals surface area contributed by atoms with Gasteiger partial charge in [-0.2, -0.15) is 0 Å². The van der Waals surface area contributed by atoms with Crippen LogP contribution in [0.3, 0.4) is 0 Å². The Morgan fingerprint density at radius 1 is 0.964 bits per heavy atom. The Hall–Kier alpha value is -0.990. The third-order valence-electron chi connectivity index (χ3n) is 6.56. The van der Waals surface area contributed by atoms with Crippen molar-refractivity contribution in [3.63, 3.8) is 0 Å². The van der Waals surface area contributed by atoms with Crippen molar-refractivity contribution in [1.29, 1.82) is 0 Å². The third kappa shape index (κ3) is 5.33. The normalized spacial score (nSPS) is 24.9. The lowest BCUT2D eigenvalue weighted by atomic mass is 9.65. The Morgan fingerprint density at radius 2 is 1.71 bits per heavy atom. The summed E-state index contributed by atoms with van der Waals surface area (Å²) in [6, 6.07) is 9.18. The van der Waals surface area contributed by atoms with Gasteiger partial charge in [0, 0.05) is 37.4 Å². The molecule has 0 unspecified atom stereocenters. The van der Waals surface area contributed by atoms with Crippen LogP contribution in [0.5, 0.6) is 0 Å². The average molecular weight is 403 g/mol. The predicted octanol–water partition coefficient (Wildman–Crippen LogP) is 6.26. The number of allylic oxidation sites excluding steroid dienone is 2. The standard InChI is InChI=1S/C25H38N2.ClH/c1-24(2)16-21(17-25(3,4)19-24)22-8-5-6-9-23(22)27-13-7-12-26(14-15-27)18-20-10-11-20;/h5-6,8-9,16,20H,7,10-15,17-19H2,1-4H3;1H. The van der Waals surface area contributed by atoms with E-state index in [-0.39, 0.29) is 17.8 Å². The van der Waals surface area contributed by atoms with Crippen molar-refractivity contribution < 1.29 is 0 Å². The van der Waals surface area contributed by atoms with Gasteiger partial charge >= 0.3 is 0 Å². The Kier molecular flexibility index (Phi) is 6.51. The number of rotatable bonds is 4. The van der Waals surface area contributed by atoms with Crippen molar-refractivity contribution in [2.75, 3.05) is 37.6 Å². The van der Waals surface area contributed by atoms with Crippen LogP contribution in [0, 0.1) is 16.7 Å². The molecule has 3 aliphatic rings. The lowest BCUT2D eigenvalue weighted by Gasteiger charge is -2.40. The quantitative estimate of drug-likeness (QED) is 0.586. The summed E-state index contributed by atoms with van der Waals surface area (Å²) in [5, 5.41) is 0. The highest BCUT2D eigenvalue weighted by atomic mass is 35.5. The lowest BCUT2D eigenvalue weighted by Crippen LogP contribution is -2.32. The number of nitrogens with zero attached hydrogens (tertiary/aromatic N) is 2. The molecule has 0 aromatic heterocycles. The van der Waals surface area contributed by atoms with Crippen LogP contribution in [-0.4, -0.2) is 37.6 Å². The van der Waals surface area contributed by atoms with E-state index < -0.39 is 0 Å². The van der Waals surface area contributed by atoms with Crippen molar-refractivity contribution in [2.45, 2.75) is 59.8 Å². The van der Waals surface area contributed by atoms with E-state index in [2.05, 4.69) is 67.8 Å². The number of benzene rings is 1. The van der Waals surface area contributed by atoms with E-state index in [0.717, 1.165) is 5.92 Å². The van der Waals surface area contributed by atoms with Crippen LogP contribution in [0.2, 0.25) is 0 Å². The second-order valence-corrected chi connectivity index (χ2v) is 10.8. The van der Waals surface area contributed by atoms with Gasteiger partial charge in [0.1, 0.15) is 0 Å². The Bertz CT molecular complexity index is 702. The molecule has 156 valence electrons. The van der Waals surface area contributed by atoms with Gasteiger partial charge in [-0.1, -0.05) is 52.0 Å². The van der Waals surface area contributed by atoms with Gasteiger partial charge in [-0.05, 0) is 67.0 Å². The van der Waals surface area contributed by atoms with Gasteiger partial charge in [0.15, 0.2) is 0 Å². The van der Waals surface area contributed by atoms with Crippen LogP contribution in [0.25, 0.3) is 5.57 Å². The number of anilines is 1. The Labute approximate surface area is 178 Å². The molecule has 0 radical (unpaired) electrons. The maximum atomic E-state index is 2.71. The zero-order chi connectivity index (χ0) is 19.1. The Balaban J connectivity index is 0.00000225. The molecule has 1 saturated carbocycles. The van der Waals surface area contributed by atoms with E-state index in [1.807, 2.05) is 0 Å². The second-order valence-electron chi connectivity index (χ2n) is 10.8. The molecular weight excluding hydrogens is 364 g/mol. The zero-order valence-corrected chi connectivity index (χ0v) is 19.2. The predicted molar refractivity (Wildman–Crippen MR) is 124 cm³/mol. The van der Waals surface area contributed by atoms with E-state index in [1.165, 1.54) is 76.1 Å². The first kappa shape index (κ1) is 21.7. The van der Waals surface area contributed by atoms with Gasteiger partial charge in [-0.25, -0.2) is 0 Å². The van der Waals surface area contributed by atoms with Crippen LogP contribution < -0.4 is 4.90 Å². The highest BCUT2D eigenvalue weighted by Gasteiger charge is 2.34. The van der Waals surface area contributed by atoms with Crippen molar-refractivity contribution in [1.82, 2.24) is 4.90 Å². The van der Waals surface area contributed by atoms with E-state index in [1.54, 1.807) is 5.57 Å². The molecule has 0 amide bonds. The minimum absolute atomic E-state index is 0. The molecule has 1 saturated heterocycles. The number of hydrogen-bond acceptors (Lipinski definition) is 2. The molecule has 2 fully saturated rings. The summed E-state index contributed by atoms with van der Waals surface area (Å²) in [7, 11) is 0. The summed E-state index contributed by atoms with van der Waals surface area (Å²) in [5.74, 6) is 1.00. The SMILES string of the molecule is CC1(C)C=C(c2ccccc2N2CCCN(CC3CC3)CC2)CC(C)(C)C1.Cl. The van der Waals surface area contributed by atoms with Crippen LogP contribution in [0.4, 0.5) is 5.69 Å². The van der Waals surface area contributed by atoms with Gasteiger partial charge in [-0.3, -0.25) is 0 Å². The smallest absolute Gasteiger partial charge is 0.0442 e. The monoisotopic (exact) mass is 402 g/mol. The van der Waals surface area contributed by atoms with Crippen molar-refractivity contribution in [3.8, 4) is 0 Å². The van der Waals surface area contributed by atoms with Crippen LogP contribution in [0.1, 0.15) is 65.4 Å². The average Bonchev–Trinajstić information content (AvgIpc) is 3.40.